The first kappa shape index (κ1) is 16.3. The first-order chi connectivity index (χ1) is 11.6. The van der Waals surface area contributed by atoms with Crippen LogP contribution in [0.2, 0.25) is 0 Å². The van der Waals surface area contributed by atoms with Crippen LogP contribution in [0.25, 0.3) is 0 Å². The van der Waals surface area contributed by atoms with Gasteiger partial charge in [-0.05, 0) is 49.6 Å². The van der Waals surface area contributed by atoms with Crippen LogP contribution in [0.4, 0.5) is 5.69 Å². The number of rotatable bonds is 5. The van der Waals surface area contributed by atoms with Crippen molar-refractivity contribution >= 4 is 5.69 Å². The largest absolute Gasteiger partial charge is 0.385 e. The first-order valence-electron chi connectivity index (χ1n) is 8.61. The standard InChI is InChI=1S/C23H25N/c1-4-24-22-15-13-20(14-16-22)23(3,19-10-6-5-7-11-19)21-12-8-9-18(2)17-21/h5-17,24H,4H2,1-3H3. The van der Waals surface area contributed by atoms with Gasteiger partial charge in [0.25, 0.3) is 0 Å². The second kappa shape index (κ2) is 6.92. The van der Waals surface area contributed by atoms with E-state index in [4.69, 9.17) is 0 Å². The average Bonchev–Trinajstić information content (AvgIpc) is 2.63. The lowest BCUT2D eigenvalue weighted by atomic mass is 9.71. The zero-order chi connectivity index (χ0) is 17.0. The van der Waals surface area contributed by atoms with E-state index in [0.717, 1.165) is 6.54 Å². The number of hydrogen-bond acceptors (Lipinski definition) is 1. The summed E-state index contributed by atoms with van der Waals surface area (Å²) in [5.74, 6) is 0. The van der Waals surface area contributed by atoms with Crippen LogP contribution in [0.1, 0.15) is 36.1 Å². The zero-order valence-corrected chi connectivity index (χ0v) is 14.7. The van der Waals surface area contributed by atoms with Gasteiger partial charge in [0.2, 0.25) is 0 Å². The summed E-state index contributed by atoms with van der Waals surface area (Å²) < 4.78 is 0. The van der Waals surface area contributed by atoms with Crippen molar-refractivity contribution in [3.8, 4) is 0 Å². The Bertz CT molecular complexity index is 790. The van der Waals surface area contributed by atoms with Gasteiger partial charge >= 0.3 is 0 Å². The molecule has 0 fully saturated rings. The Kier molecular flexibility index (Phi) is 4.71. The molecule has 0 aliphatic heterocycles. The van der Waals surface area contributed by atoms with E-state index in [0.29, 0.717) is 0 Å². The van der Waals surface area contributed by atoms with Gasteiger partial charge in [0.05, 0.1) is 0 Å². The van der Waals surface area contributed by atoms with Crippen molar-refractivity contribution in [2.75, 3.05) is 11.9 Å². The SMILES string of the molecule is CCNc1ccc(C(C)(c2ccccc2)c2cccc(C)c2)cc1. The van der Waals surface area contributed by atoms with Crippen LogP contribution in [-0.4, -0.2) is 6.54 Å². The molecule has 3 rings (SSSR count). The summed E-state index contributed by atoms with van der Waals surface area (Å²) in [5, 5.41) is 3.37. The highest BCUT2D eigenvalue weighted by atomic mass is 14.8. The monoisotopic (exact) mass is 315 g/mol. The minimum Gasteiger partial charge on any atom is -0.385 e. The summed E-state index contributed by atoms with van der Waals surface area (Å²) in [7, 11) is 0. The summed E-state index contributed by atoms with van der Waals surface area (Å²) in [5.41, 5.74) is 6.23. The zero-order valence-electron chi connectivity index (χ0n) is 14.7. The first-order valence-corrected chi connectivity index (χ1v) is 8.61. The normalized spacial score (nSPS) is 13.3. The summed E-state index contributed by atoms with van der Waals surface area (Å²) >= 11 is 0. The number of hydrogen-bond donors (Lipinski definition) is 1. The van der Waals surface area contributed by atoms with Gasteiger partial charge in [0.15, 0.2) is 0 Å². The maximum atomic E-state index is 3.37. The molecular weight excluding hydrogens is 290 g/mol. The molecule has 0 bridgehead atoms. The van der Waals surface area contributed by atoms with Crippen molar-refractivity contribution in [3.63, 3.8) is 0 Å². The van der Waals surface area contributed by atoms with E-state index in [2.05, 4.69) is 105 Å². The van der Waals surface area contributed by atoms with Gasteiger partial charge in [-0.25, -0.2) is 0 Å². The lowest BCUT2D eigenvalue weighted by Crippen LogP contribution is -2.25. The second-order valence-electron chi connectivity index (χ2n) is 6.47. The Hall–Kier alpha value is -2.54. The molecule has 3 aromatic rings. The smallest absolute Gasteiger partial charge is 0.0423 e. The molecule has 0 aromatic heterocycles. The van der Waals surface area contributed by atoms with E-state index in [1.54, 1.807) is 0 Å². The molecular formula is C23H25N. The minimum atomic E-state index is -0.169. The van der Waals surface area contributed by atoms with Crippen molar-refractivity contribution in [3.05, 3.63) is 101 Å². The highest BCUT2D eigenvalue weighted by Gasteiger charge is 2.30. The van der Waals surface area contributed by atoms with Crippen molar-refractivity contribution < 1.29 is 0 Å². The molecule has 1 N–H and O–H groups in total. The lowest BCUT2D eigenvalue weighted by molar-refractivity contribution is 0.692. The molecule has 0 spiro atoms. The van der Waals surface area contributed by atoms with E-state index in [1.165, 1.54) is 27.9 Å². The molecule has 0 heterocycles. The van der Waals surface area contributed by atoms with Crippen LogP contribution in [0.15, 0.2) is 78.9 Å². The third-order valence-corrected chi connectivity index (χ3v) is 4.79. The number of nitrogens with one attached hydrogen (secondary N) is 1. The summed E-state index contributed by atoms with van der Waals surface area (Å²) in [4.78, 5) is 0. The maximum Gasteiger partial charge on any atom is 0.0423 e. The van der Waals surface area contributed by atoms with Crippen LogP contribution in [0, 0.1) is 6.92 Å². The molecule has 122 valence electrons. The third kappa shape index (κ3) is 3.07. The fourth-order valence-corrected chi connectivity index (χ4v) is 3.35. The van der Waals surface area contributed by atoms with Crippen LogP contribution < -0.4 is 5.32 Å². The van der Waals surface area contributed by atoms with Crippen LogP contribution in [0.5, 0.6) is 0 Å². The average molecular weight is 315 g/mol. The van der Waals surface area contributed by atoms with E-state index >= 15 is 0 Å². The van der Waals surface area contributed by atoms with Crippen molar-refractivity contribution in [1.29, 1.82) is 0 Å². The van der Waals surface area contributed by atoms with Gasteiger partial charge in [0.1, 0.15) is 0 Å². The predicted octanol–water partition coefficient (Wildman–Crippen LogP) is 5.78. The van der Waals surface area contributed by atoms with Gasteiger partial charge in [-0.1, -0.05) is 72.3 Å². The highest BCUT2D eigenvalue weighted by Crippen LogP contribution is 2.39. The van der Waals surface area contributed by atoms with Crippen LogP contribution >= 0.6 is 0 Å². The van der Waals surface area contributed by atoms with Gasteiger partial charge < -0.3 is 5.32 Å². The third-order valence-electron chi connectivity index (χ3n) is 4.79. The molecule has 24 heavy (non-hydrogen) atoms. The van der Waals surface area contributed by atoms with Crippen molar-refractivity contribution in [1.82, 2.24) is 0 Å². The molecule has 0 amide bonds. The van der Waals surface area contributed by atoms with Crippen LogP contribution in [-0.2, 0) is 5.41 Å². The summed E-state index contributed by atoms with van der Waals surface area (Å²) in [6, 6.07) is 28.4. The molecule has 1 nitrogen and oxygen atoms in total. The predicted molar refractivity (Wildman–Crippen MR) is 104 cm³/mol. The van der Waals surface area contributed by atoms with Crippen LogP contribution in [0.3, 0.4) is 0 Å². The fraction of sp³-hybridized carbons (Fsp3) is 0.217. The lowest BCUT2D eigenvalue weighted by Gasteiger charge is -2.32. The van der Waals surface area contributed by atoms with Gasteiger partial charge in [-0.15, -0.1) is 0 Å². The van der Waals surface area contributed by atoms with Crippen molar-refractivity contribution in [2.24, 2.45) is 0 Å². The molecule has 0 saturated heterocycles. The summed E-state index contributed by atoms with van der Waals surface area (Å²) in [6.07, 6.45) is 0. The number of aryl methyl sites for hydroxylation is 1. The summed E-state index contributed by atoms with van der Waals surface area (Å²) in [6.45, 7) is 7.53. The molecule has 0 aliphatic carbocycles. The molecule has 1 heteroatoms. The quantitative estimate of drug-likeness (QED) is 0.588. The molecule has 0 radical (unpaired) electrons. The molecule has 1 atom stereocenters. The van der Waals surface area contributed by atoms with E-state index in [9.17, 15) is 0 Å². The number of anilines is 1. The minimum absolute atomic E-state index is 0.169. The Morgan fingerprint density at radius 3 is 2.00 bits per heavy atom. The molecule has 0 aliphatic rings. The van der Waals surface area contributed by atoms with E-state index in [1.807, 2.05) is 0 Å². The van der Waals surface area contributed by atoms with Gasteiger partial charge in [-0.3, -0.25) is 0 Å². The highest BCUT2D eigenvalue weighted by molar-refractivity contribution is 5.53. The topological polar surface area (TPSA) is 12.0 Å². The second-order valence-corrected chi connectivity index (χ2v) is 6.47. The molecule has 1 unspecified atom stereocenters. The number of benzene rings is 3. The van der Waals surface area contributed by atoms with E-state index in [-0.39, 0.29) is 5.41 Å². The Morgan fingerprint density at radius 1 is 0.750 bits per heavy atom. The molecule has 0 saturated carbocycles. The van der Waals surface area contributed by atoms with Gasteiger partial charge in [0, 0.05) is 17.6 Å². The molecule has 3 aromatic carbocycles. The Labute approximate surface area is 145 Å². The Balaban J connectivity index is 2.15. The van der Waals surface area contributed by atoms with E-state index < -0.39 is 0 Å². The Morgan fingerprint density at radius 2 is 1.38 bits per heavy atom. The maximum absolute atomic E-state index is 3.37. The van der Waals surface area contributed by atoms with Gasteiger partial charge in [-0.2, -0.15) is 0 Å². The van der Waals surface area contributed by atoms with Crippen molar-refractivity contribution in [2.45, 2.75) is 26.2 Å². The fourth-order valence-electron chi connectivity index (χ4n) is 3.35.